The molecule has 5 atom stereocenters. The third kappa shape index (κ3) is 2.96. The van der Waals surface area contributed by atoms with Gasteiger partial charge in [0.2, 0.25) is 0 Å². The van der Waals surface area contributed by atoms with Crippen LogP contribution in [0.3, 0.4) is 0 Å². The highest BCUT2D eigenvalue weighted by atomic mass is 35.5. The lowest BCUT2D eigenvalue weighted by atomic mass is 9.48. The molecule has 2 aromatic carbocycles. The molecule has 3 fully saturated rings. The molecule has 2 bridgehead atoms. The smallest absolute Gasteiger partial charge is 0.254 e. The maximum absolute atomic E-state index is 13.6. The summed E-state index contributed by atoms with van der Waals surface area (Å²) >= 11 is 12.3. The molecule has 2 aliphatic heterocycles. The molecular weight excluding hydrogens is 499 g/mol. The fourth-order valence-corrected chi connectivity index (χ4v) is 8.13. The summed E-state index contributed by atoms with van der Waals surface area (Å²) in [6.45, 7) is 1.92. The summed E-state index contributed by atoms with van der Waals surface area (Å²) in [6.07, 6.45) is 4.80. The van der Waals surface area contributed by atoms with Gasteiger partial charge in [-0.15, -0.1) is 0 Å². The number of aliphatic hydroxyl groups is 1. The van der Waals surface area contributed by atoms with Gasteiger partial charge in [-0.2, -0.15) is 0 Å². The van der Waals surface area contributed by atoms with Crippen molar-refractivity contribution in [2.45, 2.75) is 67.7 Å². The number of likely N-dealkylation sites (tertiary alicyclic amines) is 1. The summed E-state index contributed by atoms with van der Waals surface area (Å²) in [6, 6.07) is 8.39. The van der Waals surface area contributed by atoms with Gasteiger partial charge >= 0.3 is 0 Å². The van der Waals surface area contributed by atoms with Gasteiger partial charge in [0, 0.05) is 30.8 Å². The molecule has 6 nitrogen and oxygen atoms in total. The van der Waals surface area contributed by atoms with Crippen LogP contribution in [0, 0.1) is 5.92 Å². The fourth-order valence-electron chi connectivity index (χ4n) is 7.84. The van der Waals surface area contributed by atoms with Crippen LogP contribution in [0.2, 0.25) is 10.0 Å². The van der Waals surface area contributed by atoms with Crippen molar-refractivity contribution in [1.29, 1.82) is 0 Å². The van der Waals surface area contributed by atoms with Crippen molar-refractivity contribution in [2.24, 2.45) is 5.92 Å². The van der Waals surface area contributed by atoms with Gasteiger partial charge in [0.25, 0.3) is 5.91 Å². The Morgan fingerprint density at radius 2 is 1.97 bits per heavy atom. The van der Waals surface area contributed by atoms with Crippen molar-refractivity contribution in [1.82, 2.24) is 9.80 Å². The Kier molecular flexibility index (Phi) is 4.99. The molecule has 1 saturated heterocycles. The second-order valence-corrected chi connectivity index (χ2v) is 12.3. The predicted octanol–water partition coefficient (Wildman–Crippen LogP) is 4.40. The number of carbonyl (C=O) groups excluding carboxylic acids is 1. The maximum atomic E-state index is 13.6. The average Bonchev–Trinajstić information content (AvgIpc) is 3.60. The summed E-state index contributed by atoms with van der Waals surface area (Å²) in [7, 11) is 1.80. The number of benzene rings is 2. The van der Waals surface area contributed by atoms with Crippen LogP contribution in [0.4, 0.5) is 0 Å². The number of phenolic OH excluding ortho intramolecular Hbond substituents is 1. The highest BCUT2D eigenvalue weighted by molar-refractivity contribution is 6.42. The molecule has 2 saturated carbocycles. The summed E-state index contributed by atoms with van der Waals surface area (Å²) in [4.78, 5) is 17.8. The summed E-state index contributed by atoms with van der Waals surface area (Å²) in [5, 5.41) is 24.1. The van der Waals surface area contributed by atoms with Gasteiger partial charge in [0.05, 0.1) is 27.1 Å². The van der Waals surface area contributed by atoms with E-state index in [4.69, 9.17) is 27.9 Å². The van der Waals surface area contributed by atoms with Crippen molar-refractivity contribution < 1.29 is 19.7 Å². The minimum Gasteiger partial charge on any atom is -0.504 e. The zero-order chi connectivity index (χ0) is 25.0. The molecule has 7 rings (SSSR count). The maximum Gasteiger partial charge on any atom is 0.254 e. The first-order valence-corrected chi connectivity index (χ1v) is 13.7. The number of carbonyl (C=O) groups is 1. The number of phenols is 1. The Balaban J connectivity index is 1.31. The molecule has 36 heavy (non-hydrogen) atoms. The van der Waals surface area contributed by atoms with Crippen molar-refractivity contribution >= 4 is 29.1 Å². The molecule has 0 radical (unpaired) electrons. The Labute approximate surface area is 220 Å². The van der Waals surface area contributed by atoms with Crippen molar-refractivity contribution in [3.63, 3.8) is 0 Å². The van der Waals surface area contributed by atoms with Crippen LogP contribution in [0.5, 0.6) is 11.5 Å². The minimum absolute atomic E-state index is 0.0120. The van der Waals surface area contributed by atoms with Crippen LogP contribution in [-0.4, -0.2) is 69.8 Å². The zero-order valence-electron chi connectivity index (χ0n) is 20.2. The first-order chi connectivity index (χ1) is 17.2. The van der Waals surface area contributed by atoms with E-state index in [0.717, 1.165) is 43.0 Å². The van der Waals surface area contributed by atoms with Crippen molar-refractivity contribution in [2.75, 3.05) is 20.1 Å². The first-order valence-electron chi connectivity index (χ1n) is 13.0. The van der Waals surface area contributed by atoms with Crippen LogP contribution < -0.4 is 4.74 Å². The third-order valence-corrected chi connectivity index (χ3v) is 10.5. The van der Waals surface area contributed by atoms with Crippen LogP contribution >= 0.6 is 23.2 Å². The number of hydrogen-bond donors (Lipinski definition) is 2. The summed E-state index contributed by atoms with van der Waals surface area (Å²) in [5.74, 6) is 1.17. The van der Waals surface area contributed by atoms with E-state index >= 15 is 0 Å². The van der Waals surface area contributed by atoms with Gasteiger partial charge in [-0.3, -0.25) is 9.69 Å². The molecule has 2 heterocycles. The Morgan fingerprint density at radius 3 is 2.72 bits per heavy atom. The number of nitrogens with zero attached hydrogens (tertiary/aromatic N) is 2. The number of rotatable bonds is 4. The second kappa shape index (κ2) is 7.76. The SMILES string of the molecule is CN(C(=O)c1ccc(Cl)c(Cl)c1)[C@H]1CC[C@@]2(O)[C@@H]3Cc4ccc(O)c5c4[C@@]2(CCN3CC2CC2)[C@H]1O5. The highest BCUT2D eigenvalue weighted by Gasteiger charge is 2.73. The van der Waals surface area contributed by atoms with E-state index < -0.39 is 17.1 Å². The van der Waals surface area contributed by atoms with Crippen molar-refractivity contribution in [3.05, 3.63) is 57.1 Å². The molecule has 2 N–H and O–H groups in total. The monoisotopic (exact) mass is 528 g/mol. The topological polar surface area (TPSA) is 73.2 Å². The van der Waals surface area contributed by atoms with E-state index in [1.54, 1.807) is 36.2 Å². The number of likely N-dealkylation sites (N-methyl/N-ethyl adjacent to an activating group) is 1. The molecule has 5 aliphatic rings. The summed E-state index contributed by atoms with van der Waals surface area (Å²) < 4.78 is 6.60. The number of hydrogen-bond acceptors (Lipinski definition) is 5. The van der Waals surface area contributed by atoms with Crippen molar-refractivity contribution in [3.8, 4) is 11.5 Å². The normalized spacial score (nSPS) is 34.2. The lowest BCUT2D eigenvalue weighted by Gasteiger charge is -2.64. The van der Waals surface area contributed by atoms with E-state index in [0.29, 0.717) is 34.2 Å². The Bertz CT molecular complexity index is 1280. The van der Waals surface area contributed by atoms with Gasteiger partial charge in [-0.05, 0) is 80.8 Å². The van der Waals surface area contributed by atoms with Crippen LogP contribution in [-0.2, 0) is 11.8 Å². The second-order valence-electron chi connectivity index (χ2n) is 11.4. The lowest BCUT2D eigenvalue weighted by molar-refractivity contribution is -0.197. The Morgan fingerprint density at radius 1 is 1.17 bits per heavy atom. The summed E-state index contributed by atoms with van der Waals surface area (Å²) in [5.41, 5.74) is 0.956. The molecule has 0 unspecified atom stereocenters. The minimum atomic E-state index is -0.971. The first kappa shape index (κ1) is 23.2. The van der Waals surface area contributed by atoms with Crippen LogP contribution in [0.25, 0.3) is 0 Å². The zero-order valence-corrected chi connectivity index (χ0v) is 21.7. The highest BCUT2D eigenvalue weighted by Crippen LogP contribution is 2.66. The Hall–Kier alpha value is -1.99. The van der Waals surface area contributed by atoms with E-state index in [-0.39, 0.29) is 23.7 Å². The number of aromatic hydroxyl groups is 1. The van der Waals surface area contributed by atoms with Gasteiger partial charge in [0.1, 0.15) is 6.10 Å². The third-order valence-electron chi connectivity index (χ3n) is 9.72. The average molecular weight is 529 g/mol. The molecule has 190 valence electrons. The number of ether oxygens (including phenoxy) is 1. The molecule has 0 aromatic heterocycles. The van der Waals surface area contributed by atoms with Gasteiger partial charge < -0.3 is 19.8 Å². The van der Waals surface area contributed by atoms with Gasteiger partial charge in [0.15, 0.2) is 11.5 Å². The molecule has 1 spiro atoms. The molecule has 1 amide bonds. The van der Waals surface area contributed by atoms with Crippen LogP contribution in [0.15, 0.2) is 30.3 Å². The van der Waals surface area contributed by atoms with Gasteiger partial charge in [-0.25, -0.2) is 0 Å². The van der Waals surface area contributed by atoms with E-state index in [9.17, 15) is 15.0 Å². The fraction of sp³-hybridized carbons (Fsp3) is 0.536. The molecule has 3 aliphatic carbocycles. The molecular formula is C28H30Cl2N2O4. The van der Waals surface area contributed by atoms with E-state index in [2.05, 4.69) is 4.90 Å². The van der Waals surface area contributed by atoms with Crippen LogP contribution in [0.1, 0.15) is 53.6 Å². The van der Waals surface area contributed by atoms with Gasteiger partial charge in [-0.1, -0.05) is 29.3 Å². The largest absolute Gasteiger partial charge is 0.504 e. The number of halogens is 2. The predicted molar refractivity (Wildman–Crippen MR) is 137 cm³/mol. The van der Waals surface area contributed by atoms with E-state index in [1.807, 2.05) is 6.07 Å². The van der Waals surface area contributed by atoms with E-state index in [1.165, 1.54) is 12.8 Å². The quantitative estimate of drug-likeness (QED) is 0.615. The molecule has 8 heteroatoms. The lowest BCUT2D eigenvalue weighted by Crippen LogP contribution is -2.78. The number of amides is 1. The molecule has 2 aromatic rings. The number of piperidine rings is 1. The standard InChI is InChI=1S/C28H30Cl2N2O4/c1-31(26(34)17-4-6-18(29)19(30)12-17)20-8-9-28(35)22-13-16-5-7-21(33)24-23(16)27(28,25(20)36-24)10-11-32(22)14-15-2-3-15/h4-7,12,15,20,22,25,33,35H,2-3,8-11,13-14H2,1H3/t20-,22-,25-,27-,28+/m0/s1.